The predicted octanol–water partition coefficient (Wildman–Crippen LogP) is 2.24. The highest BCUT2D eigenvalue weighted by atomic mass is 16.2. The second kappa shape index (κ2) is 7.58. The van der Waals surface area contributed by atoms with Crippen molar-refractivity contribution < 1.29 is 4.79 Å². The average Bonchev–Trinajstić information content (AvgIpc) is 2.57. The number of nitrogens with one attached hydrogen (secondary N) is 1. The van der Waals surface area contributed by atoms with Crippen LogP contribution in [0, 0.1) is 0 Å². The van der Waals surface area contributed by atoms with Crippen LogP contribution < -0.4 is 5.32 Å². The standard InChI is InChI=1S/C17H26N4O/c22-17(19-15-6-2-1-3-7-15)21-12-10-20(11-13-21)14-16-8-4-5-9-18-16/h4-5,8-9,15H,1-3,6-7,10-14H2,(H,19,22). The number of hydrogen-bond donors (Lipinski definition) is 1. The van der Waals surface area contributed by atoms with Crippen LogP contribution in [0.3, 0.4) is 0 Å². The van der Waals surface area contributed by atoms with Gasteiger partial charge in [0.05, 0.1) is 5.69 Å². The van der Waals surface area contributed by atoms with Crippen LogP contribution in [0.15, 0.2) is 24.4 Å². The van der Waals surface area contributed by atoms with E-state index in [-0.39, 0.29) is 6.03 Å². The predicted molar refractivity (Wildman–Crippen MR) is 86.5 cm³/mol. The van der Waals surface area contributed by atoms with E-state index in [4.69, 9.17) is 0 Å². The van der Waals surface area contributed by atoms with Gasteiger partial charge in [-0.15, -0.1) is 0 Å². The van der Waals surface area contributed by atoms with Gasteiger partial charge in [-0.2, -0.15) is 0 Å². The highest BCUT2D eigenvalue weighted by Gasteiger charge is 2.23. The summed E-state index contributed by atoms with van der Waals surface area (Å²) in [5, 5.41) is 3.21. The number of nitrogens with zero attached hydrogens (tertiary/aromatic N) is 3. The molecule has 2 aliphatic rings. The molecule has 1 saturated heterocycles. The zero-order valence-corrected chi connectivity index (χ0v) is 13.2. The van der Waals surface area contributed by atoms with E-state index in [1.165, 1.54) is 19.3 Å². The van der Waals surface area contributed by atoms with E-state index in [1.54, 1.807) is 0 Å². The largest absolute Gasteiger partial charge is 0.335 e. The van der Waals surface area contributed by atoms with Crippen LogP contribution in [0.25, 0.3) is 0 Å². The molecule has 1 saturated carbocycles. The number of pyridine rings is 1. The monoisotopic (exact) mass is 302 g/mol. The first-order valence-corrected chi connectivity index (χ1v) is 8.49. The number of aromatic nitrogens is 1. The number of piperazine rings is 1. The van der Waals surface area contributed by atoms with Gasteiger partial charge in [-0.1, -0.05) is 25.3 Å². The molecule has 5 heteroatoms. The molecule has 2 amide bonds. The summed E-state index contributed by atoms with van der Waals surface area (Å²) < 4.78 is 0. The van der Waals surface area contributed by atoms with Crippen molar-refractivity contribution in [3.63, 3.8) is 0 Å². The van der Waals surface area contributed by atoms with Crippen molar-refractivity contribution >= 4 is 6.03 Å². The number of hydrogen-bond acceptors (Lipinski definition) is 3. The zero-order valence-electron chi connectivity index (χ0n) is 13.2. The molecular formula is C17H26N4O. The summed E-state index contributed by atoms with van der Waals surface area (Å²) in [6.07, 6.45) is 7.95. The van der Waals surface area contributed by atoms with Gasteiger partial charge in [-0.05, 0) is 25.0 Å². The van der Waals surface area contributed by atoms with Crippen molar-refractivity contribution in [2.45, 2.75) is 44.7 Å². The van der Waals surface area contributed by atoms with Gasteiger partial charge in [0.1, 0.15) is 0 Å². The van der Waals surface area contributed by atoms with Gasteiger partial charge in [-0.3, -0.25) is 9.88 Å². The van der Waals surface area contributed by atoms with Gasteiger partial charge in [0, 0.05) is 45.0 Å². The minimum Gasteiger partial charge on any atom is -0.335 e. The summed E-state index contributed by atoms with van der Waals surface area (Å²) >= 11 is 0. The fourth-order valence-corrected chi connectivity index (χ4v) is 3.34. The molecule has 1 aromatic heterocycles. The third-order valence-electron chi connectivity index (χ3n) is 4.70. The maximum Gasteiger partial charge on any atom is 0.317 e. The maximum atomic E-state index is 12.3. The average molecular weight is 302 g/mol. The van der Waals surface area contributed by atoms with Crippen molar-refractivity contribution in [2.75, 3.05) is 26.2 Å². The molecule has 1 N–H and O–H groups in total. The van der Waals surface area contributed by atoms with E-state index < -0.39 is 0 Å². The third-order valence-corrected chi connectivity index (χ3v) is 4.70. The highest BCUT2D eigenvalue weighted by molar-refractivity contribution is 5.74. The van der Waals surface area contributed by atoms with E-state index in [0.29, 0.717) is 6.04 Å². The highest BCUT2D eigenvalue weighted by Crippen LogP contribution is 2.17. The fourth-order valence-electron chi connectivity index (χ4n) is 3.34. The minimum atomic E-state index is 0.129. The van der Waals surface area contributed by atoms with Crippen LogP contribution in [-0.2, 0) is 6.54 Å². The van der Waals surface area contributed by atoms with Crippen LogP contribution in [0.2, 0.25) is 0 Å². The molecule has 3 rings (SSSR count). The summed E-state index contributed by atoms with van der Waals surface area (Å²) in [4.78, 5) is 21.0. The third kappa shape index (κ3) is 4.19. The van der Waals surface area contributed by atoms with Crippen LogP contribution in [-0.4, -0.2) is 53.0 Å². The van der Waals surface area contributed by atoms with E-state index in [1.807, 2.05) is 23.2 Å². The van der Waals surface area contributed by atoms with Crippen LogP contribution in [0.5, 0.6) is 0 Å². The number of rotatable bonds is 3. The molecule has 1 aromatic rings. The Morgan fingerprint density at radius 1 is 1.14 bits per heavy atom. The van der Waals surface area contributed by atoms with E-state index >= 15 is 0 Å². The zero-order chi connectivity index (χ0) is 15.2. The Hall–Kier alpha value is -1.62. The molecule has 2 heterocycles. The van der Waals surface area contributed by atoms with Crippen LogP contribution in [0.1, 0.15) is 37.8 Å². The summed E-state index contributed by atoms with van der Waals surface area (Å²) in [6.45, 7) is 4.35. The molecule has 0 bridgehead atoms. The molecule has 5 nitrogen and oxygen atoms in total. The molecule has 0 aromatic carbocycles. The Morgan fingerprint density at radius 2 is 1.91 bits per heavy atom. The Morgan fingerprint density at radius 3 is 2.59 bits per heavy atom. The first-order valence-electron chi connectivity index (χ1n) is 8.49. The number of carbonyl (C=O) groups is 1. The lowest BCUT2D eigenvalue weighted by Crippen LogP contribution is -2.53. The molecule has 22 heavy (non-hydrogen) atoms. The van der Waals surface area contributed by atoms with E-state index in [2.05, 4.69) is 21.3 Å². The van der Waals surface area contributed by atoms with Gasteiger partial charge in [0.25, 0.3) is 0 Å². The normalized spacial score (nSPS) is 20.8. The molecular weight excluding hydrogens is 276 g/mol. The topological polar surface area (TPSA) is 48.5 Å². The Kier molecular flexibility index (Phi) is 5.27. The van der Waals surface area contributed by atoms with Crippen LogP contribution in [0.4, 0.5) is 4.79 Å². The van der Waals surface area contributed by atoms with Crippen molar-refractivity contribution in [1.82, 2.24) is 20.1 Å². The van der Waals surface area contributed by atoms with Crippen molar-refractivity contribution in [1.29, 1.82) is 0 Å². The molecule has 120 valence electrons. The first kappa shape index (κ1) is 15.3. The van der Waals surface area contributed by atoms with E-state index in [0.717, 1.165) is 51.3 Å². The minimum absolute atomic E-state index is 0.129. The van der Waals surface area contributed by atoms with Gasteiger partial charge in [0.2, 0.25) is 0 Å². The molecule has 0 atom stereocenters. The lowest BCUT2D eigenvalue weighted by atomic mass is 9.96. The quantitative estimate of drug-likeness (QED) is 0.931. The molecule has 2 fully saturated rings. The van der Waals surface area contributed by atoms with Gasteiger partial charge in [-0.25, -0.2) is 4.79 Å². The second-order valence-corrected chi connectivity index (χ2v) is 6.37. The maximum absolute atomic E-state index is 12.3. The molecule has 0 spiro atoms. The van der Waals surface area contributed by atoms with Crippen molar-refractivity contribution in [3.05, 3.63) is 30.1 Å². The summed E-state index contributed by atoms with van der Waals surface area (Å²) in [7, 11) is 0. The lowest BCUT2D eigenvalue weighted by molar-refractivity contribution is 0.131. The SMILES string of the molecule is O=C(NC1CCCCC1)N1CCN(Cc2ccccn2)CC1. The molecule has 1 aliphatic heterocycles. The smallest absolute Gasteiger partial charge is 0.317 e. The summed E-state index contributed by atoms with van der Waals surface area (Å²) in [5.74, 6) is 0. The second-order valence-electron chi connectivity index (χ2n) is 6.37. The number of amides is 2. The van der Waals surface area contributed by atoms with Gasteiger partial charge in [0.15, 0.2) is 0 Å². The summed E-state index contributed by atoms with van der Waals surface area (Å²) in [6, 6.07) is 6.55. The van der Waals surface area contributed by atoms with Crippen molar-refractivity contribution in [2.24, 2.45) is 0 Å². The Bertz CT molecular complexity index is 465. The van der Waals surface area contributed by atoms with Gasteiger partial charge < -0.3 is 10.2 Å². The Labute approximate surface area is 132 Å². The van der Waals surface area contributed by atoms with Crippen molar-refractivity contribution in [3.8, 4) is 0 Å². The van der Waals surface area contributed by atoms with Crippen LogP contribution >= 0.6 is 0 Å². The van der Waals surface area contributed by atoms with E-state index in [9.17, 15) is 4.79 Å². The van der Waals surface area contributed by atoms with Gasteiger partial charge >= 0.3 is 6.03 Å². The number of carbonyl (C=O) groups excluding carboxylic acids is 1. The number of urea groups is 1. The molecule has 0 unspecified atom stereocenters. The summed E-state index contributed by atoms with van der Waals surface area (Å²) in [5.41, 5.74) is 1.10. The lowest BCUT2D eigenvalue weighted by Gasteiger charge is -2.35. The molecule has 1 aliphatic carbocycles. The first-order chi connectivity index (χ1) is 10.8. The molecule has 0 radical (unpaired) electrons. The Balaban J connectivity index is 1.42. The fraction of sp³-hybridized carbons (Fsp3) is 0.647.